The topological polar surface area (TPSA) is 49.9 Å². The molecule has 0 saturated carbocycles. The number of aryl methyl sites for hydroxylation is 1. The zero-order valence-corrected chi connectivity index (χ0v) is 19.7. The van der Waals surface area contributed by atoms with E-state index in [1.54, 1.807) is 0 Å². The average molecular weight is 435 g/mol. The van der Waals surface area contributed by atoms with Crippen LogP contribution in [0, 0.1) is 0 Å². The minimum atomic E-state index is -0.508. The number of carbonyl (C=O) groups excluding carboxylic acids is 2. The summed E-state index contributed by atoms with van der Waals surface area (Å²) in [6.45, 7) is 9.81. The molecule has 0 radical (unpaired) electrons. The lowest BCUT2D eigenvalue weighted by Crippen LogP contribution is -2.38. The van der Waals surface area contributed by atoms with Crippen LogP contribution in [0.3, 0.4) is 0 Å². The molecule has 2 aromatic carbocycles. The summed E-state index contributed by atoms with van der Waals surface area (Å²) < 4.78 is 5.64. The van der Waals surface area contributed by atoms with E-state index in [1.165, 1.54) is 22.3 Å². The van der Waals surface area contributed by atoms with Crippen molar-refractivity contribution in [2.45, 2.75) is 65.4 Å². The van der Waals surface area contributed by atoms with Gasteiger partial charge in [-0.05, 0) is 68.7 Å². The Morgan fingerprint density at radius 3 is 2.41 bits per heavy atom. The van der Waals surface area contributed by atoms with Crippen molar-refractivity contribution in [3.63, 3.8) is 0 Å². The van der Waals surface area contributed by atoms with E-state index in [0.717, 1.165) is 43.5 Å². The van der Waals surface area contributed by atoms with Gasteiger partial charge in [0.15, 0.2) is 0 Å². The lowest BCUT2D eigenvalue weighted by molar-refractivity contribution is -0.118. The van der Waals surface area contributed by atoms with Crippen molar-refractivity contribution in [2.24, 2.45) is 0 Å². The van der Waals surface area contributed by atoms with Crippen LogP contribution in [0.4, 0.5) is 10.5 Å². The molecule has 0 aliphatic carbocycles. The van der Waals surface area contributed by atoms with E-state index in [2.05, 4.69) is 37.3 Å². The number of hydrogen-bond acceptors (Lipinski definition) is 3. The summed E-state index contributed by atoms with van der Waals surface area (Å²) >= 11 is 0. The van der Waals surface area contributed by atoms with E-state index in [1.807, 2.05) is 36.6 Å². The maximum absolute atomic E-state index is 12.9. The lowest BCUT2D eigenvalue weighted by atomic mass is 9.85. The molecule has 0 atom stereocenters. The van der Waals surface area contributed by atoms with Crippen LogP contribution in [-0.4, -0.2) is 42.1 Å². The predicted octanol–water partition coefficient (Wildman–Crippen LogP) is 5.38. The maximum Gasteiger partial charge on any atom is 0.410 e. The Morgan fingerprint density at radius 2 is 1.72 bits per heavy atom. The Balaban J connectivity index is 1.79. The number of hydrogen-bond donors (Lipinski definition) is 0. The highest BCUT2D eigenvalue weighted by atomic mass is 16.6. The number of benzene rings is 2. The Bertz CT molecular complexity index is 1010. The van der Waals surface area contributed by atoms with Crippen LogP contribution in [0.2, 0.25) is 0 Å². The molecule has 2 aliphatic rings. The van der Waals surface area contributed by atoms with Crippen molar-refractivity contribution >= 4 is 17.7 Å². The molecule has 2 aromatic rings. The van der Waals surface area contributed by atoms with Crippen LogP contribution in [-0.2, 0) is 28.8 Å². The van der Waals surface area contributed by atoms with Gasteiger partial charge in [0, 0.05) is 31.6 Å². The van der Waals surface area contributed by atoms with Crippen molar-refractivity contribution in [1.29, 1.82) is 0 Å². The van der Waals surface area contributed by atoms with Crippen molar-refractivity contribution in [3.05, 3.63) is 53.1 Å². The largest absolute Gasteiger partial charge is 0.444 e. The Morgan fingerprint density at radius 1 is 1.00 bits per heavy atom. The molecule has 0 aromatic heterocycles. The van der Waals surface area contributed by atoms with E-state index in [9.17, 15) is 9.59 Å². The fourth-order valence-electron chi connectivity index (χ4n) is 4.84. The van der Waals surface area contributed by atoms with Gasteiger partial charge in [0.1, 0.15) is 5.60 Å². The smallest absolute Gasteiger partial charge is 0.410 e. The molecule has 2 amide bonds. The van der Waals surface area contributed by atoms with Crippen LogP contribution < -0.4 is 4.90 Å². The number of anilines is 1. The number of amides is 2. The van der Waals surface area contributed by atoms with Crippen LogP contribution in [0.25, 0.3) is 11.1 Å². The van der Waals surface area contributed by atoms with Crippen molar-refractivity contribution in [3.8, 4) is 11.1 Å². The first-order valence-corrected chi connectivity index (χ1v) is 11.8. The third-order valence-corrected chi connectivity index (χ3v) is 6.20. The van der Waals surface area contributed by atoms with E-state index in [-0.39, 0.29) is 12.0 Å². The molecule has 170 valence electrons. The molecule has 0 bridgehead atoms. The zero-order chi connectivity index (χ0) is 22.9. The van der Waals surface area contributed by atoms with E-state index >= 15 is 0 Å². The SMILES string of the molecule is CCCN1C(=O)CCc2cc3c(c(-c4ccccc4)c21)CCN(C(=O)OC(C)(C)C)CC3. The van der Waals surface area contributed by atoms with Crippen LogP contribution in [0.1, 0.15) is 57.2 Å². The number of carbonyl (C=O) groups is 2. The first-order chi connectivity index (χ1) is 15.3. The molecule has 0 fully saturated rings. The summed E-state index contributed by atoms with van der Waals surface area (Å²) in [4.78, 5) is 29.5. The molecule has 32 heavy (non-hydrogen) atoms. The molecule has 0 spiro atoms. The van der Waals surface area contributed by atoms with Gasteiger partial charge in [-0.15, -0.1) is 0 Å². The summed E-state index contributed by atoms with van der Waals surface area (Å²) in [5.41, 5.74) is 6.69. The van der Waals surface area contributed by atoms with Gasteiger partial charge in [-0.25, -0.2) is 4.79 Å². The summed E-state index contributed by atoms with van der Waals surface area (Å²) in [5, 5.41) is 0. The van der Waals surface area contributed by atoms with E-state index in [0.29, 0.717) is 19.5 Å². The second-order valence-electron chi connectivity index (χ2n) is 9.78. The third-order valence-electron chi connectivity index (χ3n) is 6.20. The van der Waals surface area contributed by atoms with Crippen LogP contribution in [0.15, 0.2) is 36.4 Å². The van der Waals surface area contributed by atoms with E-state index in [4.69, 9.17) is 4.74 Å². The molecule has 2 aliphatic heterocycles. The van der Waals surface area contributed by atoms with Gasteiger partial charge < -0.3 is 14.5 Å². The highest BCUT2D eigenvalue weighted by Crippen LogP contribution is 2.43. The number of ether oxygens (including phenoxy) is 1. The quantitative estimate of drug-likeness (QED) is 0.652. The van der Waals surface area contributed by atoms with Gasteiger partial charge in [0.25, 0.3) is 0 Å². The van der Waals surface area contributed by atoms with Crippen molar-refractivity contribution in [1.82, 2.24) is 4.90 Å². The van der Waals surface area contributed by atoms with Gasteiger partial charge in [0.2, 0.25) is 5.91 Å². The number of nitrogens with zero attached hydrogens (tertiary/aromatic N) is 2. The minimum absolute atomic E-state index is 0.209. The molecule has 4 rings (SSSR count). The zero-order valence-electron chi connectivity index (χ0n) is 19.7. The Kier molecular flexibility index (Phi) is 6.27. The normalized spacial score (nSPS) is 16.3. The first-order valence-electron chi connectivity index (χ1n) is 11.8. The number of rotatable bonds is 3. The van der Waals surface area contributed by atoms with Gasteiger partial charge in [-0.3, -0.25) is 4.79 Å². The number of fused-ring (bicyclic) bond motifs is 2. The molecule has 0 N–H and O–H groups in total. The lowest BCUT2D eigenvalue weighted by Gasteiger charge is -2.33. The highest BCUT2D eigenvalue weighted by Gasteiger charge is 2.32. The highest BCUT2D eigenvalue weighted by molar-refractivity contribution is 6.02. The van der Waals surface area contributed by atoms with Crippen molar-refractivity contribution in [2.75, 3.05) is 24.5 Å². The summed E-state index contributed by atoms with van der Waals surface area (Å²) in [6, 6.07) is 12.7. The average Bonchev–Trinajstić information content (AvgIpc) is 2.96. The van der Waals surface area contributed by atoms with Gasteiger partial charge >= 0.3 is 6.09 Å². The second kappa shape index (κ2) is 8.97. The first kappa shape index (κ1) is 22.4. The molecule has 2 heterocycles. The van der Waals surface area contributed by atoms with Crippen LogP contribution in [0.5, 0.6) is 0 Å². The predicted molar refractivity (Wildman–Crippen MR) is 128 cm³/mol. The van der Waals surface area contributed by atoms with Gasteiger partial charge in [-0.2, -0.15) is 0 Å². The molecule has 0 unspecified atom stereocenters. The molecule has 5 nitrogen and oxygen atoms in total. The second-order valence-corrected chi connectivity index (χ2v) is 9.78. The van der Waals surface area contributed by atoms with Gasteiger partial charge in [-0.1, -0.05) is 43.3 Å². The summed E-state index contributed by atoms with van der Waals surface area (Å²) in [5.74, 6) is 0.209. The van der Waals surface area contributed by atoms with E-state index < -0.39 is 5.60 Å². The molecule has 0 saturated heterocycles. The molecular weight excluding hydrogens is 400 g/mol. The minimum Gasteiger partial charge on any atom is -0.444 e. The summed E-state index contributed by atoms with van der Waals surface area (Å²) in [7, 11) is 0. The third kappa shape index (κ3) is 4.52. The summed E-state index contributed by atoms with van der Waals surface area (Å²) in [6.07, 6.45) is 3.55. The van der Waals surface area contributed by atoms with Crippen molar-refractivity contribution < 1.29 is 14.3 Å². The van der Waals surface area contributed by atoms with Crippen LogP contribution >= 0.6 is 0 Å². The fraction of sp³-hybridized carbons (Fsp3) is 0.481. The fourth-order valence-corrected chi connectivity index (χ4v) is 4.84. The monoisotopic (exact) mass is 434 g/mol. The maximum atomic E-state index is 12.9. The standard InChI is InChI=1S/C27H34N2O3/c1-5-15-29-23(30)12-11-21-18-20-13-16-28(26(31)32-27(2,3)4)17-14-22(20)24(25(21)29)19-9-7-6-8-10-19/h6-10,18H,5,11-17H2,1-4H3. The van der Waals surface area contributed by atoms with Gasteiger partial charge in [0.05, 0.1) is 5.69 Å². The molecule has 5 heteroatoms. The Labute approximate surface area is 191 Å². The molecular formula is C27H34N2O3. The Hall–Kier alpha value is -2.82.